The molecule has 136 valence electrons. The van der Waals surface area contributed by atoms with Crippen LogP contribution in [-0.2, 0) is 10.9 Å². The Morgan fingerprint density at radius 3 is 2.62 bits per heavy atom. The van der Waals surface area contributed by atoms with Crippen LogP contribution in [0.15, 0.2) is 24.3 Å². The van der Waals surface area contributed by atoms with Crippen molar-refractivity contribution in [3.8, 4) is 0 Å². The van der Waals surface area contributed by atoms with E-state index in [0.29, 0.717) is 6.61 Å². The molecule has 0 aromatic heterocycles. The fourth-order valence-electron chi connectivity index (χ4n) is 3.17. The molecule has 0 bridgehead atoms. The fraction of sp³-hybridized carbons (Fsp3) is 0.647. The van der Waals surface area contributed by atoms with Gasteiger partial charge in [0.15, 0.2) is 0 Å². The Morgan fingerprint density at radius 1 is 1.29 bits per heavy atom. The number of hydrogen-bond donors (Lipinski definition) is 1. The van der Waals surface area contributed by atoms with Gasteiger partial charge in [-0.05, 0) is 18.6 Å². The minimum absolute atomic E-state index is 0.0561. The van der Waals surface area contributed by atoms with Gasteiger partial charge in [0.25, 0.3) is 0 Å². The van der Waals surface area contributed by atoms with Gasteiger partial charge in [0, 0.05) is 45.9 Å². The van der Waals surface area contributed by atoms with Crippen molar-refractivity contribution in [3.05, 3.63) is 35.4 Å². The summed E-state index contributed by atoms with van der Waals surface area (Å²) in [6.07, 6.45) is -5.61. The highest BCUT2D eigenvalue weighted by Crippen LogP contribution is 2.34. The van der Waals surface area contributed by atoms with E-state index in [-0.39, 0.29) is 18.2 Å². The average molecular weight is 346 g/mol. The summed E-state index contributed by atoms with van der Waals surface area (Å²) in [6.45, 7) is 6.04. The van der Waals surface area contributed by atoms with Crippen molar-refractivity contribution in [2.75, 3.05) is 46.4 Å². The zero-order chi connectivity index (χ0) is 17.7. The van der Waals surface area contributed by atoms with Crippen LogP contribution in [0.1, 0.15) is 24.2 Å². The number of benzene rings is 1. The molecule has 0 saturated carbocycles. The summed E-state index contributed by atoms with van der Waals surface area (Å²) < 4.78 is 44.3. The second-order valence-corrected chi connectivity index (χ2v) is 6.24. The van der Waals surface area contributed by atoms with E-state index in [0.717, 1.165) is 32.2 Å². The summed E-state index contributed by atoms with van der Waals surface area (Å²) >= 11 is 0. The number of aliphatic hydroxyl groups excluding tert-OH is 1. The van der Waals surface area contributed by atoms with Gasteiger partial charge in [-0.3, -0.25) is 9.80 Å². The van der Waals surface area contributed by atoms with Gasteiger partial charge in [-0.2, -0.15) is 13.2 Å². The molecule has 1 aliphatic heterocycles. The maximum absolute atomic E-state index is 13.1. The number of halogens is 3. The number of rotatable bonds is 6. The topological polar surface area (TPSA) is 35.9 Å². The highest BCUT2D eigenvalue weighted by Gasteiger charge is 2.35. The molecule has 0 aliphatic carbocycles. The van der Waals surface area contributed by atoms with E-state index in [2.05, 4.69) is 11.8 Å². The van der Waals surface area contributed by atoms with Crippen LogP contribution in [0.2, 0.25) is 0 Å². The smallest absolute Gasteiger partial charge is 0.387 e. The van der Waals surface area contributed by atoms with Gasteiger partial charge in [-0.25, -0.2) is 0 Å². The first-order valence-corrected chi connectivity index (χ1v) is 8.12. The van der Waals surface area contributed by atoms with Gasteiger partial charge >= 0.3 is 6.18 Å². The lowest BCUT2D eigenvalue weighted by Crippen LogP contribution is -2.53. The minimum Gasteiger partial charge on any atom is -0.387 e. The van der Waals surface area contributed by atoms with Gasteiger partial charge in [0.05, 0.1) is 18.3 Å². The summed E-state index contributed by atoms with van der Waals surface area (Å²) in [4.78, 5) is 4.31. The standard InChI is InChI=1S/C17H25F3N2O2/c1-13-11-21(7-8-22(13)9-10-24-2)12-16(23)14-5-3-4-6-15(14)17(18,19)20/h3-6,13,16,23H,7-12H2,1-2H3/t13-,16-/m0/s1. The lowest BCUT2D eigenvalue weighted by atomic mass is 10.0. The lowest BCUT2D eigenvalue weighted by molar-refractivity contribution is -0.139. The summed E-state index contributed by atoms with van der Waals surface area (Å²) in [5, 5.41) is 10.3. The second-order valence-electron chi connectivity index (χ2n) is 6.24. The Labute approximate surface area is 140 Å². The van der Waals surface area contributed by atoms with Crippen LogP contribution in [0.4, 0.5) is 13.2 Å². The molecule has 2 atom stereocenters. The molecular formula is C17H25F3N2O2. The van der Waals surface area contributed by atoms with E-state index in [1.807, 2.05) is 4.90 Å². The normalized spacial score (nSPS) is 21.8. The number of methoxy groups -OCH3 is 1. The van der Waals surface area contributed by atoms with E-state index < -0.39 is 17.8 Å². The molecule has 1 aromatic rings. The van der Waals surface area contributed by atoms with Gasteiger partial charge < -0.3 is 9.84 Å². The maximum atomic E-state index is 13.1. The number of ether oxygens (including phenoxy) is 1. The van der Waals surface area contributed by atoms with Crippen LogP contribution in [0.25, 0.3) is 0 Å². The first-order chi connectivity index (χ1) is 11.3. The van der Waals surface area contributed by atoms with Crippen LogP contribution in [-0.4, -0.2) is 67.4 Å². The number of β-amino-alcohol motifs (C(OH)–C–C–N with tert-alkyl or cyclic N) is 1. The Kier molecular flexibility index (Phi) is 6.62. The molecule has 1 saturated heterocycles. The van der Waals surface area contributed by atoms with Gasteiger partial charge in [-0.1, -0.05) is 18.2 Å². The predicted octanol–water partition coefficient (Wildman–Crippen LogP) is 2.39. The molecule has 1 N–H and O–H groups in total. The molecule has 24 heavy (non-hydrogen) atoms. The molecule has 7 heteroatoms. The van der Waals surface area contributed by atoms with Crippen LogP contribution >= 0.6 is 0 Å². The first-order valence-electron chi connectivity index (χ1n) is 8.12. The molecule has 1 aliphatic rings. The van der Waals surface area contributed by atoms with Crippen molar-refractivity contribution < 1.29 is 23.0 Å². The highest BCUT2D eigenvalue weighted by molar-refractivity contribution is 5.31. The Balaban J connectivity index is 1.98. The Morgan fingerprint density at radius 2 is 2.00 bits per heavy atom. The number of alkyl halides is 3. The third-order valence-electron chi connectivity index (χ3n) is 4.49. The summed E-state index contributed by atoms with van der Waals surface area (Å²) in [6, 6.07) is 5.52. The molecular weight excluding hydrogens is 321 g/mol. The minimum atomic E-state index is -4.45. The van der Waals surface area contributed by atoms with Crippen LogP contribution in [0.3, 0.4) is 0 Å². The van der Waals surface area contributed by atoms with Crippen LogP contribution in [0.5, 0.6) is 0 Å². The van der Waals surface area contributed by atoms with Crippen molar-refractivity contribution in [1.29, 1.82) is 0 Å². The first kappa shape index (κ1) is 19.2. The SMILES string of the molecule is COCCN1CCN(C[C@H](O)c2ccccc2C(F)(F)F)C[C@@H]1C. The van der Waals surface area contributed by atoms with Crippen molar-refractivity contribution in [2.24, 2.45) is 0 Å². The zero-order valence-corrected chi connectivity index (χ0v) is 14.1. The quantitative estimate of drug-likeness (QED) is 0.858. The predicted molar refractivity (Wildman–Crippen MR) is 85.8 cm³/mol. The number of aliphatic hydroxyl groups is 1. The molecule has 1 heterocycles. The average Bonchev–Trinajstić information content (AvgIpc) is 2.53. The van der Waals surface area contributed by atoms with Crippen molar-refractivity contribution >= 4 is 0 Å². The highest BCUT2D eigenvalue weighted by atomic mass is 19.4. The molecule has 0 radical (unpaired) electrons. The Hall–Kier alpha value is -1.15. The van der Waals surface area contributed by atoms with Crippen molar-refractivity contribution in [2.45, 2.75) is 25.2 Å². The molecule has 0 spiro atoms. The summed E-state index contributed by atoms with van der Waals surface area (Å²) in [5.74, 6) is 0. The Bertz CT molecular complexity index is 525. The fourth-order valence-corrected chi connectivity index (χ4v) is 3.17. The van der Waals surface area contributed by atoms with Gasteiger partial charge in [-0.15, -0.1) is 0 Å². The van der Waals surface area contributed by atoms with E-state index in [4.69, 9.17) is 4.74 Å². The third kappa shape index (κ3) is 4.92. The molecule has 1 fully saturated rings. The van der Waals surface area contributed by atoms with Gasteiger partial charge in [0.1, 0.15) is 0 Å². The van der Waals surface area contributed by atoms with Gasteiger partial charge in [0.2, 0.25) is 0 Å². The van der Waals surface area contributed by atoms with E-state index in [9.17, 15) is 18.3 Å². The van der Waals surface area contributed by atoms with Crippen LogP contribution < -0.4 is 0 Å². The number of nitrogens with zero attached hydrogens (tertiary/aromatic N) is 2. The maximum Gasteiger partial charge on any atom is 0.416 e. The van der Waals surface area contributed by atoms with E-state index in [1.165, 1.54) is 18.2 Å². The van der Waals surface area contributed by atoms with E-state index in [1.54, 1.807) is 7.11 Å². The third-order valence-corrected chi connectivity index (χ3v) is 4.49. The lowest BCUT2D eigenvalue weighted by Gasteiger charge is -2.40. The zero-order valence-electron chi connectivity index (χ0n) is 14.1. The summed E-state index contributed by atoms with van der Waals surface area (Å²) in [5.41, 5.74) is -0.816. The van der Waals surface area contributed by atoms with Crippen molar-refractivity contribution in [3.63, 3.8) is 0 Å². The molecule has 2 rings (SSSR count). The molecule has 0 amide bonds. The van der Waals surface area contributed by atoms with Crippen LogP contribution in [0, 0.1) is 0 Å². The largest absolute Gasteiger partial charge is 0.416 e. The summed E-state index contributed by atoms with van der Waals surface area (Å²) in [7, 11) is 1.66. The second kappa shape index (κ2) is 8.29. The number of hydrogen-bond acceptors (Lipinski definition) is 4. The van der Waals surface area contributed by atoms with E-state index >= 15 is 0 Å². The molecule has 0 unspecified atom stereocenters. The number of piperazine rings is 1. The monoisotopic (exact) mass is 346 g/mol. The molecule has 1 aromatic carbocycles. The van der Waals surface area contributed by atoms with Crippen molar-refractivity contribution in [1.82, 2.24) is 9.80 Å². The molecule has 4 nitrogen and oxygen atoms in total.